The highest BCUT2D eigenvalue weighted by Gasteiger charge is 2.23. The molecule has 1 amide bonds. The number of ether oxygens (including phenoxy) is 1. The SMILES string of the molecule is O=C(Nc1ccn([C@H]2CCNC2)n1)[C@@H]1CCCOC1. The van der Waals surface area contributed by atoms with Crippen molar-refractivity contribution in [1.29, 1.82) is 0 Å². The van der Waals surface area contributed by atoms with Gasteiger partial charge in [0, 0.05) is 25.4 Å². The summed E-state index contributed by atoms with van der Waals surface area (Å²) < 4.78 is 7.27. The second kappa shape index (κ2) is 5.71. The van der Waals surface area contributed by atoms with E-state index in [1.807, 2.05) is 16.9 Å². The van der Waals surface area contributed by atoms with Crippen LogP contribution in [0, 0.1) is 5.92 Å². The van der Waals surface area contributed by atoms with Gasteiger partial charge in [-0.15, -0.1) is 0 Å². The highest BCUT2D eigenvalue weighted by atomic mass is 16.5. The molecule has 0 saturated carbocycles. The van der Waals surface area contributed by atoms with Crippen LogP contribution in [-0.4, -0.2) is 42.0 Å². The lowest BCUT2D eigenvalue weighted by Crippen LogP contribution is -2.30. The Bertz CT molecular complexity index is 434. The molecule has 19 heavy (non-hydrogen) atoms. The molecule has 1 aromatic rings. The number of rotatable bonds is 3. The number of aromatic nitrogens is 2. The minimum Gasteiger partial charge on any atom is -0.381 e. The van der Waals surface area contributed by atoms with Gasteiger partial charge in [0.05, 0.1) is 18.6 Å². The lowest BCUT2D eigenvalue weighted by Gasteiger charge is -2.20. The first-order chi connectivity index (χ1) is 9.33. The molecular formula is C13H20N4O2. The molecule has 0 aliphatic carbocycles. The van der Waals surface area contributed by atoms with Crippen molar-refractivity contribution in [3.05, 3.63) is 12.3 Å². The summed E-state index contributed by atoms with van der Waals surface area (Å²) in [6.07, 6.45) is 4.88. The largest absolute Gasteiger partial charge is 0.381 e. The number of hydrogen-bond donors (Lipinski definition) is 2. The molecule has 0 unspecified atom stereocenters. The number of hydrogen-bond acceptors (Lipinski definition) is 4. The molecule has 2 aliphatic heterocycles. The third-order valence-corrected chi connectivity index (χ3v) is 3.80. The van der Waals surface area contributed by atoms with Crippen molar-refractivity contribution in [2.45, 2.75) is 25.3 Å². The van der Waals surface area contributed by atoms with Crippen LogP contribution in [0.2, 0.25) is 0 Å². The van der Waals surface area contributed by atoms with Crippen molar-refractivity contribution in [3.63, 3.8) is 0 Å². The van der Waals surface area contributed by atoms with E-state index < -0.39 is 0 Å². The summed E-state index contributed by atoms with van der Waals surface area (Å²) in [4.78, 5) is 12.0. The van der Waals surface area contributed by atoms with Gasteiger partial charge in [-0.05, 0) is 25.8 Å². The molecule has 3 heterocycles. The molecule has 0 aromatic carbocycles. The summed E-state index contributed by atoms with van der Waals surface area (Å²) in [5.74, 6) is 0.629. The van der Waals surface area contributed by atoms with E-state index in [0.29, 0.717) is 18.5 Å². The quantitative estimate of drug-likeness (QED) is 0.846. The maximum atomic E-state index is 12.0. The maximum absolute atomic E-state index is 12.0. The fourth-order valence-electron chi connectivity index (χ4n) is 2.65. The monoisotopic (exact) mass is 264 g/mol. The smallest absolute Gasteiger partial charge is 0.231 e. The van der Waals surface area contributed by atoms with Gasteiger partial charge < -0.3 is 15.4 Å². The molecule has 104 valence electrons. The number of nitrogens with zero attached hydrogens (tertiary/aromatic N) is 2. The Morgan fingerprint density at radius 3 is 3.21 bits per heavy atom. The summed E-state index contributed by atoms with van der Waals surface area (Å²) in [6, 6.07) is 2.27. The fourth-order valence-corrected chi connectivity index (χ4v) is 2.65. The first-order valence-electron chi connectivity index (χ1n) is 6.97. The molecule has 2 aliphatic rings. The molecule has 2 atom stereocenters. The average Bonchev–Trinajstić information content (AvgIpc) is 3.10. The van der Waals surface area contributed by atoms with Gasteiger partial charge in [-0.3, -0.25) is 9.48 Å². The van der Waals surface area contributed by atoms with E-state index in [1.165, 1.54) is 0 Å². The van der Waals surface area contributed by atoms with Crippen LogP contribution < -0.4 is 10.6 Å². The molecule has 0 bridgehead atoms. The lowest BCUT2D eigenvalue weighted by molar-refractivity contribution is -0.123. The van der Waals surface area contributed by atoms with Gasteiger partial charge in [0.1, 0.15) is 0 Å². The van der Waals surface area contributed by atoms with E-state index in [1.54, 1.807) is 0 Å². The van der Waals surface area contributed by atoms with E-state index in [-0.39, 0.29) is 11.8 Å². The molecule has 0 spiro atoms. The standard InChI is InChI=1S/C13H20N4O2/c18-13(10-2-1-7-19-9-10)15-12-4-6-17(16-12)11-3-5-14-8-11/h4,6,10-11,14H,1-3,5,7-9H2,(H,15,16,18)/t10-,11+/m1/s1. The molecular weight excluding hydrogens is 244 g/mol. The Morgan fingerprint density at radius 2 is 2.47 bits per heavy atom. The molecule has 1 aromatic heterocycles. The molecule has 2 saturated heterocycles. The Morgan fingerprint density at radius 1 is 1.53 bits per heavy atom. The Hall–Kier alpha value is -1.40. The summed E-state index contributed by atoms with van der Waals surface area (Å²) in [7, 11) is 0. The average molecular weight is 264 g/mol. The summed E-state index contributed by atoms with van der Waals surface area (Å²) in [6.45, 7) is 3.28. The topological polar surface area (TPSA) is 68.2 Å². The van der Waals surface area contributed by atoms with Gasteiger partial charge >= 0.3 is 0 Å². The molecule has 3 rings (SSSR count). The van der Waals surface area contributed by atoms with E-state index in [2.05, 4.69) is 15.7 Å². The van der Waals surface area contributed by atoms with Crippen molar-refractivity contribution in [2.24, 2.45) is 5.92 Å². The molecule has 6 nitrogen and oxygen atoms in total. The lowest BCUT2D eigenvalue weighted by atomic mass is 10.0. The van der Waals surface area contributed by atoms with Crippen LogP contribution in [0.25, 0.3) is 0 Å². The van der Waals surface area contributed by atoms with E-state index in [0.717, 1.165) is 39.0 Å². The van der Waals surface area contributed by atoms with E-state index >= 15 is 0 Å². The van der Waals surface area contributed by atoms with Gasteiger partial charge in [0.25, 0.3) is 0 Å². The number of carbonyl (C=O) groups is 1. The van der Waals surface area contributed by atoms with Crippen LogP contribution in [0.1, 0.15) is 25.3 Å². The van der Waals surface area contributed by atoms with Crippen LogP contribution >= 0.6 is 0 Å². The first kappa shape index (κ1) is 12.6. The fraction of sp³-hybridized carbons (Fsp3) is 0.692. The zero-order valence-corrected chi connectivity index (χ0v) is 11.0. The number of carbonyl (C=O) groups excluding carboxylic acids is 1. The second-order valence-electron chi connectivity index (χ2n) is 5.23. The predicted molar refractivity (Wildman–Crippen MR) is 70.9 cm³/mol. The number of nitrogens with one attached hydrogen (secondary N) is 2. The van der Waals surface area contributed by atoms with Crippen LogP contribution in [0.4, 0.5) is 5.82 Å². The molecule has 0 radical (unpaired) electrons. The van der Waals surface area contributed by atoms with E-state index in [4.69, 9.17) is 4.74 Å². The number of anilines is 1. The van der Waals surface area contributed by atoms with Gasteiger partial charge in [-0.2, -0.15) is 5.10 Å². The molecule has 2 fully saturated rings. The summed E-state index contributed by atoms with van der Waals surface area (Å²) in [5.41, 5.74) is 0. The Labute approximate surface area is 112 Å². The third kappa shape index (κ3) is 2.96. The van der Waals surface area contributed by atoms with Crippen molar-refractivity contribution in [1.82, 2.24) is 15.1 Å². The van der Waals surface area contributed by atoms with Crippen LogP contribution in [-0.2, 0) is 9.53 Å². The van der Waals surface area contributed by atoms with Gasteiger partial charge in [-0.25, -0.2) is 0 Å². The maximum Gasteiger partial charge on any atom is 0.231 e. The highest BCUT2D eigenvalue weighted by Crippen LogP contribution is 2.18. The Balaban J connectivity index is 1.58. The minimum atomic E-state index is -0.0351. The third-order valence-electron chi connectivity index (χ3n) is 3.80. The van der Waals surface area contributed by atoms with Crippen LogP contribution in [0.15, 0.2) is 12.3 Å². The van der Waals surface area contributed by atoms with Crippen molar-refractivity contribution in [3.8, 4) is 0 Å². The van der Waals surface area contributed by atoms with Crippen molar-refractivity contribution >= 4 is 11.7 Å². The van der Waals surface area contributed by atoms with E-state index in [9.17, 15) is 4.79 Å². The van der Waals surface area contributed by atoms with Gasteiger partial charge in [0.15, 0.2) is 5.82 Å². The normalized spacial score (nSPS) is 27.4. The van der Waals surface area contributed by atoms with Gasteiger partial charge in [-0.1, -0.05) is 0 Å². The second-order valence-corrected chi connectivity index (χ2v) is 5.23. The first-order valence-corrected chi connectivity index (χ1v) is 6.97. The van der Waals surface area contributed by atoms with Crippen molar-refractivity contribution < 1.29 is 9.53 Å². The molecule has 6 heteroatoms. The van der Waals surface area contributed by atoms with Gasteiger partial charge in [0.2, 0.25) is 5.91 Å². The van der Waals surface area contributed by atoms with Crippen molar-refractivity contribution in [2.75, 3.05) is 31.6 Å². The molecule has 2 N–H and O–H groups in total. The predicted octanol–water partition coefficient (Wildman–Crippen LogP) is 0.783. The number of amides is 1. The van der Waals surface area contributed by atoms with Crippen LogP contribution in [0.3, 0.4) is 0 Å². The van der Waals surface area contributed by atoms with Crippen LogP contribution in [0.5, 0.6) is 0 Å². The zero-order valence-electron chi connectivity index (χ0n) is 11.0. The minimum absolute atomic E-state index is 0.0227. The highest BCUT2D eigenvalue weighted by molar-refractivity contribution is 5.91. The summed E-state index contributed by atoms with van der Waals surface area (Å²) >= 11 is 0. The Kier molecular flexibility index (Phi) is 3.79. The zero-order chi connectivity index (χ0) is 13.1. The summed E-state index contributed by atoms with van der Waals surface area (Å²) in [5, 5.41) is 10.6.